The summed E-state index contributed by atoms with van der Waals surface area (Å²) in [5.74, 6) is 0.859. The van der Waals surface area contributed by atoms with Gasteiger partial charge in [-0.1, -0.05) is 29.3 Å². The fraction of sp³-hybridized carbons (Fsp3) is 0.125. The van der Waals surface area contributed by atoms with Crippen molar-refractivity contribution in [2.24, 2.45) is 0 Å². The van der Waals surface area contributed by atoms with Crippen molar-refractivity contribution in [2.75, 3.05) is 0 Å². The first kappa shape index (κ1) is 14.1. The van der Waals surface area contributed by atoms with Gasteiger partial charge in [0.1, 0.15) is 5.82 Å². The third-order valence-corrected chi connectivity index (χ3v) is 3.76. The minimum absolute atomic E-state index is 0.637. The number of aromatic amines is 1. The predicted molar refractivity (Wildman–Crippen MR) is 85.8 cm³/mol. The van der Waals surface area contributed by atoms with E-state index in [2.05, 4.69) is 15.0 Å². The average Bonchev–Trinajstić information content (AvgIpc) is 2.83. The summed E-state index contributed by atoms with van der Waals surface area (Å²) in [5, 5.41) is 1.28. The molecule has 0 saturated heterocycles. The van der Waals surface area contributed by atoms with E-state index in [4.69, 9.17) is 23.2 Å². The number of imidazole rings is 1. The second-order valence-corrected chi connectivity index (χ2v) is 5.62. The molecule has 0 amide bonds. The molecule has 0 aliphatic rings. The largest absolute Gasteiger partial charge is 0.345 e. The van der Waals surface area contributed by atoms with E-state index >= 15 is 0 Å². The molecule has 0 aliphatic carbocycles. The maximum atomic E-state index is 6.25. The molecule has 0 spiro atoms. The Hall–Kier alpha value is -1.84. The van der Waals surface area contributed by atoms with Crippen LogP contribution in [0.3, 0.4) is 0 Å². The van der Waals surface area contributed by atoms with Gasteiger partial charge in [-0.25, -0.2) is 4.98 Å². The Morgan fingerprint density at radius 3 is 2.76 bits per heavy atom. The first-order valence-corrected chi connectivity index (χ1v) is 7.30. The van der Waals surface area contributed by atoms with Crippen molar-refractivity contribution in [1.82, 2.24) is 15.0 Å². The Balaban J connectivity index is 1.96. The van der Waals surface area contributed by atoms with E-state index < -0.39 is 0 Å². The molecule has 21 heavy (non-hydrogen) atoms. The van der Waals surface area contributed by atoms with Crippen molar-refractivity contribution in [3.05, 3.63) is 69.9 Å². The van der Waals surface area contributed by atoms with Gasteiger partial charge >= 0.3 is 0 Å². The number of pyridine rings is 1. The van der Waals surface area contributed by atoms with E-state index in [1.165, 1.54) is 0 Å². The number of nitrogens with zero attached hydrogens (tertiary/aromatic N) is 2. The Bertz CT molecular complexity index is 766. The molecule has 3 nitrogen and oxygen atoms in total. The van der Waals surface area contributed by atoms with E-state index in [9.17, 15) is 0 Å². The lowest BCUT2D eigenvalue weighted by Gasteiger charge is -2.02. The van der Waals surface area contributed by atoms with Gasteiger partial charge in [-0.15, -0.1) is 0 Å². The number of aromatic nitrogens is 3. The number of hydrogen-bond donors (Lipinski definition) is 1. The van der Waals surface area contributed by atoms with Crippen molar-refractivity contribution in [1.29, 1.82) is 0 Å². The smallest absolute Gasteiger partial charge is 0.113 e. The lowest BCUT2D eigenvalue weighted by atomic mass is 10.1. The molecule has 0 unspecified atom stereocenters. The van der Waals surface area contributed by atoms with Gasteiger partial charge in [0, 0.05) is 34.6 Å². The quantitative estimate of drug-likeness (QED) is 0.762. The molecule has 1 aromatic carbocycles. The van der Waals surface area contributed by atoms with E-state index in [1.807, 2.05) is 31.2 Å². The summed E-state index contributed by atoms with van der Waals surface area (Å²) < 4.78 is 0. The Kier molecular flexibility index (Phi) is 3.95. The maximum absolute atomic E-state index is 6.25. The zero-order valence-corrected chi connectivity index (χ0v) is 12.9. The summed E-state index contributed by atoms with van der Waals surface area (Å²) in [7, 11) is 0. The summed E-state index contributed by atoms with van der Waals surface area (Å²) in [4.78, 5) is 12.2. The van der Waals surface area contributed by atoms with E-state index in [0.717, 1.165) is 28.5 Å². The Morgan fingerprint density at radius 2 is 2.00 bits per heavy atom. The molecule has 0 fully saturated rings. The second-order valence-electron chi connectivity index (χ2n) is 4.78. The standard InChI is InChI=1S/C16H13Cl2N3/c1-10-16(13-8-11(17)5-6-14(13)18)21-15(20-10)9-12-4-2-3-7-19-12/h2-8H,9H2,1H3,(H,20,21). The number of hydrogen-bond acceptors (Lipinski definition) is 2. The fourth-order valence-electron chi connectivity index (χ4n) is 2.22. The maximum Gasteiger partial charge on any atom is 0.113 e. The van der Waals surface area contributed by atoms with Crippen LogP contribution in [0.5, 0.6) is 0 Å². The predicted octanol–water partition coefficient (Wildman–Crippen LogP) is 4.68. The topological polar surface area (TPSA) is 41.6 Å². The van der Waals surface area contributed by atoms with Gasteiger partial charge in [-0.2, -0.15) is 0 Å². The molecule has 5 heteroatoms. The average molecular weight is 318 g/mol. The van der Waals surface area contributed by atoms with Crippen molar-refractivity contribution in [2.45, 2.75) is 13.3 Å². The number of rotatable bonds is 3. The lowest BCUT2D eigenvalue weighted by Crippen LogP contribution is -1.93. The van der Waals surface area contributed by atoms with Crippen LogP contribution in [-0.2, 0) is 6.42 Å². The van der Waals surface area contributed by atoms with Gasteiger partial charge in [0.15, 0.2) is 0 Å². The first-order valence-electron chi connectivity index (χ1n) is 6.54. The molecule has 3 aromatic rings. The van der Waals surface area contributed by atoms with Crippen LogP contribution in [0.4, 0.5) is 0 Å². The summed E-state index contributed by atoms with van der Waals surface area (Å²) in [6, 6.07) is 11.2. The van der Waals surface area contributed by atoms with Gasteiger partial charge in [0.2, 0.25) is 0 Å². The number of benzene rings is 1. The van der Waals surface area contributed by atoms with Crippen LogP contribution in [0.25, 0.3) is 11.3 Å². The second kappa shape index (κ2) is 5.88. The van der Waals surface area contributed by atoms with Crippen molar-refractivity contribution in [3.8, 4) is 11.3 Å². The molecular weight excluding hydrogens is 305 g/mol. The molecule has 0 saturated carbocycles. The first-order chi connectivity index (χ1) is 10.1. The molecule has 0 aliphatic heterocycles. The minimum Gasteiger partial charge on any atom is -0.345 e. The molecule has 2 aromatic heterocycles. The zero-order valence-electron chi connectivity index (χ0n) is 11.4. The van der Waals surface area contributed by atoms with E-state index in [-0.39, 0.29) is 0 Å². The number of halogens is 2. The minimum atomic E-state index is 0.637. The molecule has 2 heterocycles. The van der Waals surface area contributed by atoms with Crippen molar-refractivity contribution in [3.63, 3.8) is 0 Å². The van der Waals surface area contributed by atoms with Crippen LogP contribution in [0.15, 0.2) is 42.6 Å². The van der Waals surface area contributed by atoms with Gasteiger partial charge in [-0.05, 0) is 37.3 Å². The SMILES string of the molecule is Cc1[nH]c(Cc2ccccn2)nc1-c1cc(Cl)ccc1Cl. The van der Waals surface area contributed by atoms with Gasteiger partial charge in [-0.3, -0.25) is 4.98 Å². The monoisotopic (exact) mass is 317 g/mol. The Labute approximate surface area is 133 Å². The normalized spacial score (nSPS) is 10.8. The number of nitrogens with one attached hydrogen (secondary N) is 1. The van der Waals surface area contributed by atoms with Crippen LogP contribution < -0.4 is 0 Å². The summed E-state index contributed by atoms with van der Waals surface area (Å²) in [6.45, 7) is 1.97. The highest BCUT2D eigenvalue weighted by atomic mass is 35.5. The van der Waals surface area contributed by atoms with Gasteiger partial charge in [0.05, 0.1) is 10.7 Å². The van der Waals surface area contributed by atoms with Crippen LogP contribution in [0, 0.1) is 6.92 Å². The van der Waals surface area contributed by atoms with Crippen molar-refractivity contribution >= 4 is 23.2 Å². The van der Waals surface area contributed by atoms with Crippen molar-refractivity contribution < 1.29 is 0 Å². The molecule has 1 N–H and O–H groups in total. The molecular formula is C16H13Cl2N3. The van der Waals surface area contributed by atoms with Crippen LogP contribution in [0.2, 0.25) is 10.0 Å². The van der Waals surface area contributed by atoms with Gasteiger partial charge < -0.3 is 4.98 Å². The van der Waals surface area contributed by atoms with Gasteiger partial charge in [0.25, 0.3) is 0 Å². The highest BCUT2D eigenvalue weighted by Gasteiger charge is 2.13. The highest BCUT2D eigenvalue weighted by Crippen LogP contribution is 2.31. The number of aryl methyl sites for hydroxylation is 1. The van der Waals surface area contributed by atoms with E-state index in [1.54, 1.807) is 18.3 Å². The zero-order chi connectivity index (χ0) is 14.8. The molecule has 3 rings (SSSR count). The fourth-order valence-corrected chi connectivity index (χ4v) is 2.60. The Morgan fingerprint density at radius 1 is 1.14 bits per heavy atom. The molecule has 0 atom stereocenters. The molecule has 0 radical (unpaired) electrons. The van der Waals surface area contributed by atoms with E-state index in [0.29, 0.717) is 16.5 Å². The third kappa shape index (κ3) is 3.09. The lowest BCUT2D eigenvalue weighted by molar-refractivity contribution is 0.971. The highest BCUT2D eigenvalue weighted by molar-refractivity contribution is 6.35. The van der Waals surface area contributed by atoms with Crippen LogP contribution in [-0.4, -0.2) is 15.0 Å². The molecule has 106 valence electrons. The molecule has 0 bridgehead atoms. The number of H-pyrrole nitrogens is 1. The summed E-state index contributed by atoms with van der Waals surface area (Å²) >= 11 is 12.3. The third-order valence-electron chi connectivity index (χ3n) is 3.19. The van der Waals surface area contributed by atoms with Crippen LogP contribution in [0.1, 0.15) is 17.2 Å². The summed E-state index contributed by atoms with van der Waals surface area (Å²) in [6.07, 6.45) is 2.43. The van der Waals surface area contributed by atoms with Crippen LogP contribution >= 0.6 is 23.2 Å². The summed E-state index contributed by atoms with van der Waals surface area (Å²) in [5.41, 5.74) is 3.60.